The molecule has 0 saturated heterocycles. The topological polar surface area (TPSA) is 71.7 Å². The summed E-state index contributed by atoms with van der Waals surface area (Å²) in [5.41, 5.74) is 3.34. The van der Waals surface area contributed by atoms with Crippen LogP contribution >= 0.6 is 11.6 Å². The monoisotopic (exact) mass is 530 g/mol. The number of ether oxygens (including phenoxy) is 1. The second-order valence-electron chi connectivity index (χ2n) is 8.43. The average Bonchev–Trinajstić information content (AvgIpc) is 2.93. The van der Waals surface area contributed by atoms with E-state index in [1.54, 1.807) is 36.8 Å². The second-order valence-corrected chi connectivity index (χ2v) is 8.83. The van der Waals surface area contributed by atoms with E-state index in [0.717, 1.165) is 28.7 Å². The molecular weight excluding hydrogens is 513 g/mol. The van der Waals surface area contributed by atoms with Gasteiger partial charge in [-0.3, -0.25) is 15.0 Å². The normalized spacial score (nSPS) is 12.3. The maximum atomic E-state index is 13.0. The van der Waals surface area contributed by atoms with E-state index >= 15 is 0 Å². The Morgan fingerprint density at radius 3 is 2.45 bits per heavy atom. The first-order valence-corrected chi connectivity index (χ1v) is 11.8. The number of fused-ring (bicyclic) bond motifs is 1. The van der Waals surface area contributed by atoms with Crippen molar-refractivity contribution in [2.24, 2.45) is 0 Å². The van der Waals surface area contributed by atoms with Crippen molar-refractivity contribution in [2.45, 2.75) is 18.9 Å². The maximum Gasteiger partial charge on any atom is 0.417 e. The van der Waals surface area contributed by atoms with Crippen molar-refractivity contribution in [3.8, 4) is 17.2 Å². The Bertz CT molecular complexity index is 1650. The van der Waals surface area contributed by atoms with Gasteiger partial charge in [-0.15, -0.1) is 0 Å². The smallest absolute Gasteiger partial charge is 0.362 e. The lowest BCUT2D eigenvalue weighted by atomic mass is 9.93. The molecule has 5 nitrogen and oxygen atoms in total. The zero-order valence-corrected chi connectivity index (χ0v) is 20.4. The lowest BCUT2D eigenvalue weighted by molar-refractivity contribution is -0.137. The van der Waals surface area contributed by atoms with E-state index in [0.29, 0.717) is 22.3 Å². The van der Waals surface area contributed by atoms with Crippen LogP contribution < -0.4 is 0 Å². The lowest BCUT2D eigenvalue weighted by Crippen LogP contribution is -2.10. The summed E-state index contributed by atoms with van der Waals surface area (Å²) in [6.45, 7) is -0.151. The summed E-state index contributed by atoms with van der Waals surface area (Å²) in [5, 5.41) is 10.6. The van der Waals surface area contributed by atoms with Crippen LogP contribution in [0.4, 0.5) is 13.2 Å². The molecule has 1 atom stereocenters. The lowest BCUT2D eigenvalue weighted by Gasteiger charge is -2.20. The number of pyridine rings is 3. The van der Waals surface area contributed by atoms with Crippen molar-refractivity contribution in [1.29, 1.82) is 5.26 Å². The van der Waals surface area contributed by atoms with Crippen LogP contribution in [0, 0.1) is 11.3 Å². The first-order chi connectivity index (χ1) is 18.3. The second kappa shape index (κ2) is 10.6. The van der Waals surface area contributed by atoms with E-state index < -0.39 is 17.8 Å². The molecule has 0 aliphatic heterocycles. The van der Waals surface area contributed by atoms with Gasteiger partial charge in [0.05, 0.1) is 40.0 Å². The first kappa shape index (κ1) is 25.3. The van der Waals surface area contributed by atoms with Crippen molar-refractivity contribution in [1.82, 2.24) is 15.0 Å². The molecule has 0 aliphatic carbocycles. The van der Waals surface area contributed by atoms with Gasteiger partial charge in [0, 0.05) is 46.9 Å². The van der Waals surface area contributed by atoms with Gasteiger partial charge < -0.3 is 4.74 Å². The molecule has 5 rings (SSSR count). The third-order valence-electron chi connectivity index (χ3n) is 6.01. The Morgan fingerprint density at radius 1 is 0.895 bits per heavy atom. The van der Waals surface area contributed by atoms with E-state index in [-0.39, 0.29) is 17.3 Å². The summed E-state index contributed by atoms with van der Waals surface area (Å²) in [7, 11) is 0. The summed E-state index contributed by atoms with van der Waals surface area (Å²) >= 11 is 6.11. The molecule has 0 bridgehead atoms. The Balaban J connectivity index is 1.55. The van der Waals surface area contributed by atoms with Crippen molar-refractivity contribution in [3.05, 3.63) is 124 Å². The van der Waals surface area contributed by atoms with Crippen LogP contribution in [0.15, 0.2) is 91.5 Å². The van der Waals surface area contributed by atoms with E-state index in [1.807, 2.05) is 42.5 Å². The average molecular weight is 531 g/mol. The van der Waals surface area contributed by atoms with Crippen LogP contribution in [0.3, 0.4) is 0 Å². The fourth-order valence-electron chi connectivity index (χ4n) is 4.17. The van der Waals surface area contributed by atoms with Gasteiger partial charge in [-0.1, -0.05) is 48.0 Å². The standard InChI is InChI=1S/C29H18ClF3N4O/c30-25-13-22(29(31,32)33)16-37-26(25)17-38-28(21-6-2-10-35-15-21)19-8-9-20(14-34)24(12-19)23-7-1-4-18-5-3-11-36-27(18)23/h1-13,15-16,28H,17H2. The fourth-order valence-corrected chi connectivity index (χ4v) is 4.39. The van der Waals surface area contributed by atoms with E-state index in [1.165, 1.54) is 0 Å². The highest BCUT2D eigenvalue weighted by Crippen LogP contribution is 2.36. The van der Waals surface area contributed by atoms with Crippen molar-refractivity contribution in [3.63, 3.8) is 0 Å². The molecule has 5 aromatic rings. The molecular formula is C29H18ClF3N4O. The van der Waals surface area contributed by atoms with Crippen molar-refractivity contribution < 1.29 is 17.9 Å². The molecule has 0 spiro atoms. The Morgan fingerprint density at radius 2 is 1.71 bits per heavy atom. The molecule has 38 heavy (non-hydrogen) atoms. The van der Waals surface area contributed by atoms with E-state index in [9.17, 15) is 18.4 Å². The molecule has 0 amide bonds. The molecule has 0 N–H and O–H groups in total. The van der Waals surface area contributed by atoms with Crippen LogP contribution in [0.25, 0.3) is 22.0 Å². The molecule has 0 aliphatic rings. The SMILES string of the molecule is N#Cc1ccc(C(OCc2ncc(C(F)(F)F)cc2Cl)c2cccnc2)cc1-c1cccc2cccnc12. The molecule has 1 unspecified atom stereocenters. The van der Waals surface area contributed by atoms with Crippen LogP contribution in [0.1, 0.15) is 34.1 Å². The molecule has 188 valence electrons. The highest BCUT2D eigenvalue weighted by atomic mass is 35.5. The minimum atomic E-state index is -4.55. The number of alkyl halides is 3. The van der Waals surface area contributed by atoms with Gasteiger partial charge in [-0.25, -0.2) is 0 Å². The van der Waals surface area contributed by atoms with Crippen molar-refractivity contribution >= 4 is 22.5 Å². The van der Waals surface area contributed by atoms with Crippen LogP contribution in [-0.2, 0) is 17.5 Å². The number of nitrogens with zero attached hydrogens (tertiary/aromatic N) is 4. The third-order valence-corrected chi connectivity index (χ3v) is 6.34. The number of hydrogen-bond donors (Lipinski definition) is 0. The summed E-state index contributed by atoms with van der Waals surface area (Å²) < 4.78 is 45.3. The number of benzene rings is 2. The van der Waals surface area contributed by atoms with Gasteiger partial charge >= 0.3 is 6.18 Å². The Hall–Kier alpha value is -4.32. The molecule has 3 heterocycles. The van der Waals surface area contributed by atoms with Gasteiger partial charge in [-0.2, -0.15) is 18.4 Å². The summed E-state index contributed by atoms with van der Waals surface area (Å²) in [6, 6.07) is 21.6. The number of halogens is 4. The predicted molar refractivity (Wildman–Crippen MR) is 137 cm³/mol. The highest BCUT2D eigenvalue weighted by Gasteiger charge is 2.31. The van der Waals surface area contributed by atoms with Crippen LogP contribution in [0.5, 0.6) is 0 Å². The number of para-hydroxylation sites is 1. The highest BCUT2D eigenvalue weighted by molar-refractivity contribution is 6.31. The van der Waals surface area contributed by atoms with Gasteiger partial charge in [0.2, 0.25) is 0 Å². The third kappa shape index (κ3) is 5.21. The fraction of sp³-hybridized carbons (Fsp3) is 0.103. The maximum absolute atomic E-state index is 13.0. The summed E-state index contributed by atoms with van der Waals surface area (Å²) in [5.74, 6) is 0. The molecule has 0 saturated carbocycles. The summed E-state index contributed by atoms with van der Waals surface area (Å²) in [6.07, 6.45) is 0.480. The molecule has 9 heteroatoms. The zero-order chi connectivity index (χ0) is 26.7. The number of nitriles is 1. The molecule has 2 aromatic carbocycles. The van der Waals surface area contributed by atoms with Gasteiger partial charge in [0.1, 0.15) is 6.10 Å². The molecule has 0 radical (unpaired) electrons. The van der Waals surface area contributed by atoms with Crippen LogP contribution in [-0.4, -0.2) is 15.0 Å². The minimum absolute atomic E-state index is 0.146. The van der Waals surface area contributed by atoms with Crippen molar-refractivity contribution in [2.75, 3.05) is 0 Å². The van der Waals surface area contributed by atoms with Crippen LogP contribution in [0.2, 0.25) is 5.02 Å². The minimum Gasteiger partial charge on any atom is -0.362 e. The van der Waals surface area contributed by atoms with E-state index in [2.05, 4.69) is 21.0 Å². The number of hydrogen-bond acceptors (Lipinski definition) is 5. The van der Waals surface area contributed by atoms with Gasteiger partial charge in [0.25, 0.3) is 0 Å². The number of aromatic nitrogens is 3. The summed E-state index contributed by atoms with van der Waals surface area (Å²) in [4.78, 5) is 12.6. The van der Waals surface area contributed by atoms with Gasteiger partial charge in [-0.05, 0) is 35.9 Å². The van der Waals surface area contributed by atoms with E-state index in [4.69, 9.17) is 16.3 Å². The largest absolute Gasteiger partial charge is 0.417 e. The molecule has 0 fully saturated rings. The first-order valence-electron chi connectivity index (χ1n) is 11.5. The quantitative estimate of drug-likeness (QED) is 0.227. The Labute approximate surface area is 221 Å². The predicted octanol–water partition coefficient (Wildman–Crippen LogP) is 7.54. The van der Waals surface area contributed by atoms with Gasteiger partial charge in [0.15, 0.2) is 0 Å². The molecule has 3 aromatic heterocycles. The number of rotatable bonds is 6. The Kier molecular flexibility index (Phi) is 7.05. The zero-order valence-electron chi connectivity index (χ0n) is 19.7.